The zero-order valence-electron chi connectivity index (χ0n) is 16.9. The topological polar surface area (TPSA) is 89.0 Å². The molecule has 2 N–H and O–H groups in total. The molecule has 1 heterocycles. The molecule has 4 rings (SSSR count). The molecule has 0 bridgehead atoms. The molecule has 7 heteroatoms. The quantitative estimate of drug-likeness (QED) is 0.664. The van der Waals surface area contributed by atoms with Crippen molar-refractivity contribution in [1.82, 2.24) is 5.32 Å². The van der Waals surface area contributed by atoms with Gasteiger partial charge >= 0.3 is 6.09 Å². The molecule has 2 amide bonds. The third kappa shape index (κ3) is 4.72. The van der Waals surface area contributed by atoms with Gasteiger partial charge in [0.05, 0.1) is 18.5 Å². The van der Waals surface area contributed by atoms with E-state index in [4.69, 9.17) is 9.47 Å². The molecule has 7 nitrogen and oxygen atoms in total. The van der Waals surface area contributed by atoms with Crippen molar-refractivity contribution >= 4 is 23.4 Å². The maximum absolute atomic E-state index is 12.8. The van der Waals surface area contributed by atoms with Gasteiger partial charge in [-0.3, -0.25) is 10.1 Å². The zero-order valence-corrected chi connectivity index (χ0v) is 16.9. The first kappa shape index (κ1) is 20.2. The summed E-state index contributed by atoms with van der Waals surface area (Å²) in [5, 5.41) is 5.38. The van der Waals surface area contributed by atoms with Crippen LogP contribution in [0.4, 0.5) is 10.5 Å². The Hall–Kier alpha value is -4.13. The number of benzodiazepines with no additional fused rings is 1. The molecule has 0 spiro atoms. The minimum atomic E-state index is -1.15. The Kier molecular flexibility index (Phi) is 5.93. The molecule has 1 aliphatic heterocycles. The fourth-order valence-corrected chi connectivity index (χ4v) is 3.21. The molecule has 0 fully saturated rings. The lowest BCUT2D eigenvalue weighted by molar-refractivity contribution is -0.117. The summed E-state index contributed by atoms with van der Waals surface area (Å²) in [6.07, 6.45) is -1.87. The molecule has 3 aromatic rings. The summed E-state index contributed by atoms with van der Waals surface area (Å²) in [7, 11) is 1.59. The van der Waals surface area contributed by atoms with Crippen LogP contribution in [-0.2, 0) is 16.1 Å². The first-order valence-corrected chi connectivity index (χ1v) is 9.74. The predicted molar refractivity (Wildman–Crippen MR) is 117 cm³/mol. The Balaban J connectivity index is 1.59. The molecular weight excluding hydrogens is 394 g/mol. The van der Waals surface area contributed by atoms with Gasteiger partial charge in [0.25, 0.3) is 5.91 Å². The van der Waals surface area contributed by atoms with E-state index in [1.54, 1.807) is 13.2 Å². The smallest absolute Gasteiger partial charge is 0.409 e. The van der Waals surface area contributed by atoms with Gasteiger partial charge in [-0.05, 0) is 35.9 Å². The maximum atomic E-state index is 12.8. The van der Waals surface area contributed by atoms with Gasteiger partial charge in [-0.25, -0.2) is 9.79 Å². The highest BCUT2D eigenvalue weighted by molar-refractivity contribution is 6.19. The second kappa shape index (κ2) is 9.13. The molecule has 0 saturated heterocycles. The number of carbonyl (C=O) groups is 2. The highest BCUT2D eigenvalue weighted by Gasteiger charge is 2.27. The average molecular weight is 415 g/mol. The molecule has 0 radical (unpaired) electrons. The number of methoxy groups -OCH3 is 1. The highest BCUT2D eigenvalue weighted by atomic mass is 16.5. The molecule has 1 unspecified atom stereocenters. The molecule has 0 aromatic heterocycles. The van der Waals surface area contributed by atoms with Crippen LogP contribution in [0.15, 0.2) is 83.9 Å². The van der Waals surface area contributed by atoms with Crippen molar-refractivity contribution in [2.24, 2.45) is 4.99 Å². The number of rotatable bonds is 5. The van der Waals surface area contributed by atoms with Gasteiger partial charge in [0.15, 0.2) is 0 Å². The number of nitrogens with one attached hydrogen (secondary N) is 2. The van der Waals surface area contributed by atoms with Crippen LogP contribution >= 0.6 is 0 Å². The molecule has 156 valence electrons. The van der Waals surface area contributed by atoms with E-state index in [1.165, 1.54) is 0 Å². The van der Waals surface area contributed by atoms with Crippen LogP contribution in [0.2, 0.25) is 0 Å². The normalized spacial score (nSPS) is 15.1. The van der Waals surface area contributed by atoms with E-state index >= 15 is 0 Å². The number of carbonyl (C=O) groups excluding carboxylic acids is 2. The van der Waals surface area contributed by atoms with Gasteiger partial charge in [0.1, 0.15) is 12.4 Å². The third-order valence-corrected chi connectivity index (χ3v) is 4.78. The average Bonchev–Trinajstić information content (AvgIpc) is 2.95. The number of hydrogen-bond acceptors (Lipinski definition) is 5. The maximum Gasteiger partial charge on any atom is 0.409 e. The molecule has 31 heavy (non-hydrogen) atoms. The first-order valence-electron chi connectivity index (χ1n) is 9.74. The van der Waals surface area contributed by atoms with Gasteiger partial charge in [-0.1, -0.05) is 48.5 Å². The lowest BCUT2D eigenvalue weighted by atomic mass is 10.0. The van der Waals surface area contributed by atoms with Gasteiger partial charge in [-0.2, -0.15) is 0 Å². The van der Waals surface area contributed by atoms with Gasteiger partial charge in [0.2, 0.25) is 6.17 Å². The van der Waals surface area contributed by atoms with Crippen molar-refractivity contribution in [1.29, 1.82) is 0 Å². The summed E-state index contributed by atoms with van der Waals surface area (Å²) in [5.74, 6) is 0.257. The van der Waals surface area contributed by atoms with E-state index in [-0.39, 0.29) is 6.61 Å². The fraction of sp³-hybridized carbons (Fsp3) is 0.125. The first-order chi connectivity index (χ1) is 15.1. The largest absolute Gasteiger partial charge is 0.497 e. The molecule has 0 aliphatic carbocycles. The van der Waals surface area contributed by atoms with E-state index in [0.717, 1.165) is 16.7 Å². The number of benzene rings is 3. The molecular formula is C24H21N3O4. The van der Waals surface area contributed by atoms with Gasteiger partial charge < -0.3 is 14.8 Å². The number of nitrogens with zero attached hydrogens (tertiary/aromatic N) is 1. The summed E-state index contributed by atoms with van der Waals surface area (Å²) >= 11 is 0. The van der Waals surface area contributed by atoms with Gasteiger partial charge in [-0.15, -0.1) is 0 Å². The van der Waals surface area contributed by atoms with Crippen LogP contribution in [0, 0.1) is 0 Å². The fourth-order valence-electron chi connectivity index (χ4n) is 3.21. The van der Waals surface area contributed by atoms with E-state index in [2.05, 4.69) is 15.6 Å². The standard InChI is InChI=1S/C24H21N3O4/c1-30-18-13-11-17(12-14-18)21-19-9-5-6-10-20(19)25-23(28)22(26-21)27-24(29)31-15-16-7-3-2-4-8-16/h2-14,22H,15H2,1H3,(H,25,28)(H,27,29). The van der Waals surface area contributed by atoms with Gasteiger partial charge in [0, 0.05) is 11.1 Å². The second-order valence-corrected chi connectivity index (χ2v) is 6.85. The Morgan fingerprint density at radius 2 is 1.71 bits per heavy atom. The minimum Gasteiger partial charge on any atom is -0.497 e. The van der Waals surface area contributed by atoms with Crippen molar-refractivity contribution < 1.29 is 19.1 Å². The van der Waals surface area contributed by atoms with Crippen LogP contribution in [0.3, 0.4) is 0 Å². The van der Waals surface area contributed by atoms with Crippen LogP contribution in [0.5, 0.6) is 5.75 Å². The van der Waals surface area contributed by atoms with Crippen molar-refractivity contribution in [2.45, 2.75) is 12.8 Å². The van der Waals surface area contributed by atoms with Crippen molar-refractivity contribution in [3.05, 3.63) is 95.6 Å². The molecule has 3 aromatic carbocycles. The van der Waals surface area contributed by atoms with E-state index in [0.29, 0.717) is 17.1 Å². The number of aliphatic imine (C=N–C) groups is 1. The summed E-state index contributed by atoms with van der Waals surface area (Å²) in [4.78, 5) is 29.7. The summed E-state index contributed by atoms with van der Waals surface area (Å²) < 4.78 is 10.5. The summed E-state index contributed by atoms with van der Waals surface area (Å²) in [6, 6.07) is 24.0. The van der Waals surface area contributed by atoms with E-state index in [9.17, 15) is 9.59 Å². The lowest BCUT2D eigenvalue weighted by Gasteiger charge is -2.13. The summed E-state index contributed by atoms with van der Waals surface area (Å²) in [5.41, 5.74) is 3.57. The van der Waals surface area contributed by atoms with Crippen LogP contribution < -0.4 is 15.4 Å². The lowest BCUT2D eigenvalue weighted by Crippen LogP contribution is -2.42. The number of ether oxygens (including phenoxy) is 2. The number of hydrogen-bond donors (Lipinski definition) is 2. The second-order valence-electron chi connectivity index (χ2n) is 6.85. The van der Waals surface area contributed by atoms with Crippen LogP contribution in [-0.4, -0.2) is 31.0 Å². The van der Waals surface area contributed by atoms with Crippen molar-refractivity contribution in [3.63, 3.8) is 0 Å². The minimum absolute atomic E-state index is 0.0935. The molecule has 1 atom stereocenters. The Bertz CT molecular complexity index is 1110. The monoisotopic (exact) mass is 415 g/mol. The Labute approximate surface area is 179 Å². The van der Waals surface area contributed by atoms with E-state index < -0.39 is 18.2 Å². The summed E-state index contributed by atoms with van der Waals surface area (Å²) in [6.45, 7) is 0.0935. The van der Waals surface area contributed by atoms with Crippen LogP contribution in [0.25, 0.3) is 0 Å². The number of anilines is 1. The number of amides is 2. The molecule has 1 aliphatic rings. The number of para-hydroxylation sites is 1. The highest BCUT2D eigenvalue weighted by Crippen LogP contribution is 2.24. The van der Waals surface area contributed by atoms with Crippen LogP contribution in [0.1, 0.15) is 16.7 Å². The number of fused-ring (bicyclic) bond motifs is 1. The SMILES string of the molecule is COc1ccc(C2=NC(NC(=O)OCc3ccccc3)C(=O)Nc3ccccc32)cc1. The predicted octanol–water partition coefficient (Wildman–Crippen LogP) is 3.74. The van der Waals surface area contributed by atoms with E-state index in [1.807, 2.05) is 72.8 Å². The number of alkyl carbamates (subject to hydrolysis) is 1. The molecule has 0 saturated carbocycles. The Morgan fingerprint density at radius 3 is 2.45 bits per heavy atom. The Morgan fingerprint density at radius 1 is 1.00 bits per heavy atom. The zero-order chi connectivity index (χ0) is 21.6. The van der Waals surface area contributed by atoms with Crippen molar-refractivity contribution in [3.8, 4) is 5.75 Å². The van der Waals surface area contributed by atoms with Crippen molar-refractivity contribution in [2.75, 3.05) is 12.4 Å². The third-order valence-electron chi connectivity index (χ3n) is 4.78.